The van der Waals surface area contributed by atoms with Gasteiger partial charge >= 0.3 is 5.69 Å². The molecule has 0 spiro atoms. The second-order valence-electron chi connectivity index (χ2n) is 6.59. The van der Waals surface area contributed by atoms with Gasteiger partial charge in [0.2, 0.25) is 5.75 Å². The molecule has 156 valence electrons. The van der Waals surface area contributed by atoms with E-state index in [2.05, 4.69) is 0 Å². The van der Waals surface area contributed by atoms with Crippen LogP contribution < -0.4 is 16.0 Å². The number of ether oxygens (including phenoxy) is 1. The van der Waals surface area contributed by atoms with Crippen LogP contribution in [-0.2, 0) is 28.6 Å². The summed E-state index contributed by atoms with van der Waals surface area (Å²) in [6.45, 7) is 8.99. The third-order valence-corrected chi connectivity index (χ3v) is 7.67. The number of unbranched alkanes of at least 4 members (excludes halogenated alkanes) is 2. The second kappa shape index (κ2) is 10.9. The molecule has 0 bridgehead atoms. The van der Waals surface area contributed by atoms with Gasteiger partial charge in [0.1, 0.15) is 5.37 Å². The molecule has 1 aromatic rings. The molecule has 0 amide bonds. The van der Waals surface area contributed by atoms with Crippen molar-refractivity contribution in [3.63, 3.8) is 0 Å². The highest BCUT2D eigenvalue weighted by Gasteiger charge is 2.24. The molecule has 0 aliphatic heterocycles. The van der Waals surface area contributed by atoms with Gasteiger partial charge in [-0.05, 0) is 33.6 Å². The third-order valence-electron chi connectivity index (χ3n) is 4.48. The predicted molar refractivity (Wildman–Crippen MR) is 111 cm³/mol. The van der Waals surface area contributed by atoms with E-state index in [1.807, 2.05) is 13.8 Å². The lowest BCUT2D eigenvalue weighted by atomic mass is 10.3. The molecule has 9 heteroatoms. The average molecular weight is 421 g/mol. The Morgan fingerprint density at radius 3 is 2.04 bits per heavy atom. The molecule has 0 radical (unpaired) electrons. The summed E-state index contributed by atoms with van der Waals surface area (Å²) in [6.07, 6.45) is 3.44. The number of rotatable bonds is 11. The molecule has 0 aliphatic rings. The average Bonchev–Trinajstić information content (AvgIpc) is 2.65. The minimum Gasteiger partial charge on any atom is -0.470 e. The fourth-order valence-corrected chi connectivity index (χ4v) is 5.13. The first-order chi connectivity index (χ1) is 12.7. The molecule has 0 fully saturated rings. The van der Waals surface area contributed by atoms with Crippen molar-refractivity contribution in [1.29, 1.82) is 0 Å². The molecule has 4 unspecified atom stereocenters. The fourth-order valence-electron chi connectivity index (χ4n) is 2.62. The summed E-state index contributed by atoms with van der Waals surface area (Å²) in [7, 11) is -1.13. The second-order valence-corrected chi connectivity index (χ2v) is 10.3. The van der Waals surface area contributed by atoms with Crippen LogP contribution in [0, 0.1) is 6.92 Å². The van der Waals surface area contributed by atoms with E-state index < -0.39 is 43.7 Å². The zero-order valence-corrected chi connectivity index (χ0v) is 18.8. The summed E-state index contributed by atoms with van der Waals surface area (Å²) in [5.41, 5.74) is -1.45. The normalized spacial score (nSPS) is 15.9. The summed E-state index contributed by atoms with van der Waals surface area (Å²) in [4.78, 5) is 25.2. The maximum Gasteiger partial charge on any atom is 0.332 e. The molecule has 1 aromatic heterocycles. The van der Waals surface area contributed by atoms with Gasteiger partial charge in [0.05, 0.1) is 16.5 Å². The fraction of sp³-hybridized carbons (Fsp3) is 0.778. The lowest BCUT2D eigenvalue weighted by Gasteiger charge is -2.22. The van der Waals surface area contributed by atoms with Crippen LogP contribution in [0.1, 0.15) is 64.4 Å². The molecule has 1 rings (SSSR count). The highest BCUT2D eigenvalue weighted by atomic mass is 32.2. The van der Waals surface area contributed by atoms with Gasteiger partial charge in [0.15, 0.2) is 5.44 Å². The molecular formula is C18H32N2O5S2. The minimum atomic E-state index is -1.25. The SMILES string of the molecule is CCCCS(=O)C(C)Oc1c(C)n(C(C)S(=O)CCCC)c(=O)n(C)c1=O. The molecule has 1 heterocycles. The van der Waals surface area contributed by atoms with Gasteiger partial charge in [0.25, 0.3) is 5.56 Å². The smallest absolute Gasteiger partial charge is 0.332 e. The number of aromatic nitrogens is 2. The van der Waals surface area contributed by atoms with Crippen LogP contribution >= 0.6 is 0 Å². The van der Waals surface area contributed by atoms with E-state index in [4.69, 9.17) is 4.74 Å². The van der Waals surface area contributed by atoms with Crippen molar-refractivity contribution < 1.29 is 13.2 Å². The first kappa shape index (κ1) is 23.8. The van der Waals surface area contributed by atoms with Crippen LogP contribution in [-0.4, -0.2) is 34.5 Å². The van der Waals surface area contributed by atoms with Gasteiger partial charge in [-0.2, -0.15) is 0 Å². The topological polar surface area (TPSA) is 87.4 Å². The Hall–Kier alpha value is -1.22. The van der Waals surface area contributed by atoms with Gasteiger partial charge in [-0.25, -0.2) is 4.79 Å². The Balaban J connectivity index is 3.29. The number of hydrogen-bond acceptors (Lipinski definition) is 5. The molecular weight excluding hydrogens is 388 g/mol. The maximum atomic E-state index is 12.6. The van der Waals surface area contributed by atoms with Crippen LogP contribution in [0.5, 0.6) is 5.75 Å². The predicted octanol–water partition coefficient (Wildman–Crippen LogP) is 2.20. The minimum absolute atomic E-state index is 0.00575. The van der Waals surface area contributed by atoms with Crippen LogP contribution in [0.25, 0.3) is 0 Å². The van der Waals surface area contributed by atoms with Crippen molar-refractivity contribution in [1.82, 2.24) is 9.13 Å². The Labute approximate surface area is 166 Å². The van der Waals surface area contributed by atoms with Crippen LogP contribution in [0.4, 0.5) is 0 Å². The van der Waals surface area contributed by atoms with Crippen molar-refractivity contribution in [2.45, 2.75) is 71.1 Å². The van der Waals surface area contributed by atoms with Gasteiger partial charge in [-0.3, -0.25) is 22.3 Å². The van der Waals surface area contributed by atoms with Gasteiger partial charge in [-0.15, -0.1) is 0 Å². The van der Waals surface area contributed by atoms with Gasteiger partial charge < -0.3 is 4.74 Å². The lowest BCUT2D eigenvalue weighted by Crippen LogP contribution is -2.42. The zero-order chi connectivity index (χ0) is 20.7. The summed E-state index contributed by atoms with van der Waals surface area (Å²) < 4.78 is 32.9. The quantitative estimate of drug-likeness (QED) is 0.548. The van der Waals surface area contributed by atoms with Crippen LogP contribution in [0.15, 0.2) is 9.59 Å². The largest absolute Gasteiger partial charge is 0.470 e. The Bertz CT molecular complexity index is 800. The van der Waals surface area contributed by atoms with E-state index in [0.29, 0.717) is 17.2 Å². The van der Waals surface area contributed by atoms with E-state index in [1.54, 1.807) is 20.8 Å². The highest BCUT2D eigenvalue weighted by Crippen LogP contribution is 2.19. The van der Waals surface area contributed by atoms with E-state index >= 15 is 0 Å². The van der Waals surface area contributed by atoms with Gasteiger partial charge in [-0.1, -0.05) is 26.7 Å². The van der Waals surface area contributed by atoms with Crippen molar-refractivity contribution >= 4 is 21.6 Å². The monoisotopic (exact) mass is 420 g/mol. The maximum absolute atomic E-state index is 12.6. The Morgan fingerprint density at radius 2 is 1.52 bits per heavy atom. The molecule has 4 atom stereocenters. The molecule has 27 heavy (non-hydrogen) atoms. The van der Waals surface area contributed by atoms with Crippen molar-refractivity contribution in [2.75, 3.05) is 11.5 Å². The molecule has 0 N–H and O–H groups in total. The number of nitrogens with zero attached hydrogens (tertiary/aromatic N) is 2. The summed E-state index contributed by atoms with van der Waals surface area (Å²) in [5.74, 6) is 0.975. The first-order valence-corrected chi connectivity index (χ1v) is 12.2. The van der Waals surface area contributed by atoms with E-state index in [9.17, 15) is 18.0 Å². The van der Waals surface area contributed by atoms with E-state index in [1.165, 1.54) is 11.6 Å². The highest BCUT2D eigenvalue weighted by molar-refractivity contribution is 7.85. The third kappa shape index (κ3) is 5.88. The first-order valence-electron chi connectivity index (χ1n) is 9.40. The zero-order valence-electron chi connectivity index (χ0n) is 17.1. The molecule has 7 nitrogen and oxygen atoms in total. The van der Waals surface area contributed by atoms with Crippen molar-refractivity contribution in [2.24, 2.45) is 7.05 Å². The van der Waals surface area contributed by atoms with Crippen LogP contribution in [0.3, 0.4) is 0 Å². The summed E-state index contributed by atoms with van der Waals surface area (Å²) in [5, 5.41) is -0.584. The Morgan fingerprint density at radius 1 is 1.00 bits per heavy atom. The Kier molecular flexibility index (Phi) is 9.66. The van der Waals surface area contributed by atoms with E-state index in [0.717, 1.165) is 30.3 Å². The molecule has 0 aromatic carbocycles. The molecule has 0 saturated heterocycles. The van der Waals surface area contributed by atoms with Crippen molar-refractivity contribution in [3.05, 3.63) is 26.5 Å². The summed E-state index contributed by atoms with van der Waals surface area (Å²) in [6, 6.07) is 0. The van der Waals surface area contributed by atoms with E-state index in [-0.39, 0.29) is 5.75 Å². The number of hydrogen-bond donors (Lipinski definition) is 0. The standard InChI is InChI=1S/C18H32N2O5S2/c1-7-9-11-26(23)14(4)20-13(3)16(17(21)19(6)18(20)22)25-15(5)27(24)12-10-8-2/h14-15H,7-12H2,1-6H3. The molecule has 0 aliphatic carbocycles. The molecule has 0 saturated carbocycles. The summed E-state index contributed by atoms with van der Waals surface area (Å²) >= 11 is 0. The van der Waals surface area contributed by atoms with Crippen molar-refractivity contribution in [3.8, 4) is 5.75 Å². The van der Waals surface area contributed by atoms with Gasteiger partial charge in [0, 0.05) is 29.4 Å². The lowest BCUT2D eigenvalue weighted by molar-refractivity contribution is 0.285. The van der Waals surface area contributed by atoms with Crippen LogP contribution in [0.2, 0.25) is 0 Å².